The Balaban J connectivity index is 1.40. The Hall–Kier alpha value is -1.91. The topological polar surface area (TPSA) is 47.6 Å². The molecule has 0 spiro atoms. The van der Waals surface area contributed by atoms with Crippen LogP contribution in [-0.4, -0.2) is 38.4 Å². The molecule has 0 bridgehead atoms. The highest BCUT2D eigenvalue weighted by Crippen LogP contribution is 2.30. The quantitative estimate of drug-likeness (QED) is 0.917. The van der Waals surface area contributed by atoms with Gasteiger partial charge in [0.15, 0.2) is 0 Å². The van der Waals surface area contributed by atoms with Gasteiger partial charge in [-0.15, -0.1) is 0 Å². The summed E-state index contributed by atoms with van der Waals surface area (Å²) in [4.78, 5) is 12.7. The molecule has 2 saturated heterocycles. The van der Waals surface area contributed by atoms with E-state index >= 15 is 0 Å². The van der Waals surface area contributed by atoms with Gasteiger partial charge in [-0.2, -0.15) is 0 Å². The number of carbonyl (C=O) groups is 1. The number of fused-ring (bicyclic) bond motifs is 1. The molecular formula is C22H27NO3. The Morgan fingerprint density at radius 3 is 2.58 bits per heavy atom. The van der Waals surface area contributed by atoms with Crippen LogP contribution < -0.4 is 5.32 Å². The average Bonchev–Trinajstić information content (AvgIpc) is 2.69. The second kappa shape index (κ2) is 8.19. The Morgan fingerprint density at radius 2 is 1.73 bits per heavy atom. The van der Waals surface area contributed by atoms with Gasteiger partial charge in [0.1, 0.15) is 0 Å². The first-order valence-electron chi connectivity index (χ1n) is 9.72. The van der Waals surface area contributed by atoms with Gasteiger partial charge in [0.25, 0.3) is 0 Å². The minimum Gasteiger partial charge on any atom is -0.381 e. The minimum absolute atomic E-state index is 0.115. The third kappa shape index (κ3) is 4.08. The molecule has 2 aliphatic heterocycles. The van der Waals surface area contributed by atoms with Crippen molar-refractivity contribution >= 4 is 16.7 Å². The number of amides is 1. The zero-order valence-corrected chi connectivity index (χ0v) is 15.2. The van der Waals surface area contributed by atoms with Crippen LogP contribution in [0.1, 0.15) is 24.8 Å². The fourth-order valence-electron chi connectivity index (χ4n) is 4.34. The number of hydrogen-bond donors (Lipinski definition) is 1. The molecular weight excluding hydrogens is 326 g/mol. The number of rotatable bonds is 4. The van der Waals surface area contributed by atoms with E-state index in [0.29, 0.717) is 18.3 Å². The standard InChI is InChI=1S/C22H27NO3/c24-22(14-16-5-6-17-3-1-2-4-19(17)13-16)23-21-9-12-26-15-20(21)18-7-10-25-11-8-18/h1-6,13,18,20-21H,7-12,14-15H2,(H,23,24)/t20-,21-/m1/s1. The van der Waals surface area contributed by atoms with Crippen molar-refractivity contribution in [2.45, 2.75) is 31.7 Å². The van der Waals surface area contributed by atoms with Crippen LogP contribution in [0.25, 0.3) is 10.8 Å². The molecule has 2 atom stereocenters. The van der Waals surface area contributed by atoms with E-state index in [-0.39, 0.29) is 11.9 Å². The van der Waals surface area contributed by atoms with E-state index in [1.165, 1.54) is 10.8 Å². The molecule has 0 unspecified atom stereocenters. The van der Waals surface area contributed by atoms with E-state index < -0.39 is 0 Å². The van der Waals surface area contributed by atoms with Crippen LogP contribution in [0, 0.1) is 11.8 Å². The molecule has 1 amide bonds. The summed E-state index contributed by atoms with van der Waals surface area (Å²) in [7, 11) is 0. The summed E-state index contributed by atoms with van der Waals surface area (Å²) in [5.74, 6) is 1.12. The van der Waals surface area contributed by atoms with E-state index in [1.54, 1.807) is 0 Å². The molecule has 2 aromatic carbocycles. The maximum absolute atomic E-state index is 12.7. The largest absolute Gasteiger partial charge is 0.381 e. The van der Waals surface area contributed by atoms with Crippen LogP contribution in [0.15, 0.2) is 42.5 Å². The summed E-state index contributed by atoms with van der Waals surface area (Å²) in [6, 6.07) is 14.8. The highest BCUT2D eigenvalue weighted by molar-refractivity contribution is 5.85. The van der Waals surface area contributed by atoms with Gasteiger partial charge in [0.2, 0.25) is 5.91 Å². The summed E-state index contributed by atoms with van der Waals surface area (Å²) in [6.07, 6.45) is 3.49. The highest BCUT2D eigenvalue weighted by Gasteiger charge is 2.34. The zero-order valence-electron chi connectivity index (χ0n) is 15.2. The van der Waals surface area contributed by atoms with Crippen LogP contribution in [0.5, 0.6) is 0 Å². The molecule has 4 nitrogen and oxygen atoms in total. The number of nitrogens with one attached hydrogen (secondary N) is 1. The number of benzene rings is 2. The fraction of sp³-hybridized carbons (Fsp3) is 0.500. The lowest BCUT2D eigenvalue weighted by Gasteiger charge is -2.39. The Kier molecular flexibility index (Phi) is 5.51. The third-order valence-corrected chi connectivity index (χ3v) is 5.80. The van der Waals surface area contributed by atoms with E-state index in [2.05, 4.69) is 35.6 Å². The SMILES string of the molecule is O=C(Cc1ccc2ccccc2c1)N[C@@H]1CCOC[C@@H]1C1CCOCC1. The lowest BCUT2D eigenvalue weighted by atomic mass is 9.79. The summed E-state index contributed by atoms with van der Waals surface area (Å²) in [5.41, 5.74) is 1.07. The zero-order chi connectivity index (χ0) is 17.8. The van der Waals surface area contributed by atoms with Gasteiger partial charge in [-0.05, 0) is 41.5 Å². The lowest BCUT2D eigenvalue weighted by molar-refractivity contribution is -0.123. The molecule has 0 saturated carbocycles. The molecule has 4 rings (SSSR count). The first-order chi connectivity index (χ1) is 12.8. The Labute approximate surface area is 154 Å². The molecule has 0 aromatic heterocycles. The highest BCUT2D eigenvalue weighted by atomic mass is 16.5. The molecule has 26 heavy (non-hydrogen) atoms. The summed E-state index contributed by atoms with van der Waals surface area (Å²) >= 11 is 0. The second-order valence-corrected chi connectivity index (χ2v) is 7.51. The van der Waals surface area contributed by atoms with Crippen LogP contribution in [0.4, 0.5) is 0 Å². The van der Waals surface area contributed by atoms with Crippen molar-refractivity contribution in [3.63, 3.8) is 0 Å². The van der Waals surface area contributed by atoms with Gasteiger partial charge in [-0.1, -0.05) is 42.5 Å². The van der Waals surface area contributed by atoms with Crippen molar-refractivity contribution in [3.8, 4) is 0 Å². The summed E-state index contributed by atoms with van der Waals surface area (Å²) in [6.45, 7) is 3.16. The minimum atomic E-state index is 0.115. The Bertz CT molecular complexity index is 754. The molecule has 2 aliphatic rings. The molecule has 2 heterocycles. The summed E-state index contributed by atoms with van der Waals surface area (Å²) < 4.78 is 11.2. The number of carbonyl (C=O) groups excluding carboxylic acids is 1. The number of ether oxygens (including phenoxy) is 2. The molecule has 138 valence electrons. The molecule has 4 heteroatoms. The van der Waals surface area contributed by atoms with Gasteiger partial charge in [-0.25, -0.2) is 0 Å². The first kappa shape index (κ1) is 17.5. The predicted molar refractivity (Wildman–Crippen MR) is 102 cm³/mol. The van der Waals surface area contributed by atoms with Gasteiger partial charge in [-0.3, -0.25) is 4.79 Å². The smallest absolute Gasteiger partial charge is 0.224 e. The monoisotopic (exact) mass is 353 g/mol. The first-order valence-corrected chi connectivity index (χ1v) is 9.72. The normalized spacial score (nSPS) is 24.5. The van der Waals surface area contributed by atoms with Gasteiger partial charge in [0, 0.05) is 31.8 Å². The van der Waals surface area contributed by atoms with Crippen molar-refractivity contribution < 1.29 is 14.3 Å². The maximum atomic E-state index is 12.7. The molecule has 1 N–H and O–H groups in total. The van der Waals surface area contributed by atoms with E-state index in [4.69, 9.17) is 9.47 Å². The van der Waals surface area contributed by atoms with E-state index in [9.17, 15) is 4.79 Å². The van der Waals surface area contributed by atoms with Crippen molar-refractivity contribution in [2.24, 2.45) is 11.8 Å². The summed E-state index contributed by atoms with van der Waals surface area (Å²) in [5, 5.41) is 5.70. The van der Waals surface area contributed by atoms with E-state index in [1.807, 2.05) is 12.1 Å². The van der Waals surface area contributed by atoms with Gasteiger partial charge < -0.3 is 14.8 Å². The van der Waals surface area contributed by atoms with Gasteiger partial charge in [0.05, 0.1) is 13.0 Å². The lowest BCUT2D eigenvalue weighted by Crippen LogP contribution is -2.49. The molecule has 2 fully saturated rings. The molecule has 0 aliphatic carbocycles. The van der Waals surface area contributed by atoms with Gasteiger partial charge >= 0.3 is 0 Å². The van der Waals surface area contributed by atoms with Crippen molar-refractivity contribution in [3.05, 3.63) is 48.0 Å². The maximum Gasteiger partial charge on any atom is 0.224 e. The van der Waals surface area contributed by atoms with Crippen LogP contribution in [-0.2, 0) is 20.7 Å². The average molecular weight is 353 g/mol. The number of hydrogen-bond acceptors (Lipinski definition) is 3. The second-order valence-electron chi connectivity index (χ2n) is 7.51. The Morgan fingerprint density at radius 1 is 0.962 bits per heavy atom. The molecule has 0 radical (unpaired) electrons. The van der Waals surface area contributed by atoms with Crippen LogP contribution in [0.3, 0.4) is 0 Å². The molecule has 2 aromatic rings. The third-order valence-electron chi connectivity index (χ3n) is 5.80. The van der Waals surface area contributed by atoms with Crippen LogP contribution >= 0.6 is 0 Å². The van der Waals surface area contributed by atoms with Crippen molar-refractivity contribution in [1.29, 1.82) is 0 Å². The van der Waals surface area contributed by atoms with Crippen LogP contribution in [0.2, 0.25) is 0 Å². The predicted octanol–water partition coefficient (Wildman–Crippen LogP) is 3.33. The van der Waals surface area contributed by atoms with E-state index in [0.717, 1.165) is 51.3 Å². The fourth-order valence-corrected chi connectivity index (χ4v) is 4.34. The van der Waals surface area contributed by atoms with Crippen molar-refractivity contribution in [1.82, 2.24) is 5.32 Å². The van der Waals surface area contributed by atoms with Crippen molar-refractivity contribution in [2.75, 3.05) is 26.4 Å².